The van der Waals surface area contributed by atoms with Crippen LogP contribution in [0.15, 0.2) is 36.5 Å². The minimum Gasteiger partial charge on any atom is -0.379 e. The van der Waals surface area contributed by atoms with E-state index in [0.29, 0.717) is 25.5 Å². The number of nitrogens with one attached hydrogen (secondary N) is 1. The highest BCUT2D eigenvalue weighted by Crippen LogP contribution is 2.11. The van der Waals surface area contributed by atoms with Gasteiger partial charge in [0.25, 0.3) is 5.91 Å². The second-order valence-electron chi connectivity index (χ2n) is 5.67. The van der Waals surface area contributed by atoms with E-state index in [4.69, 9.17) is 9.47 Å². The minimum absolute atomic E-state index is 0.226. The number of ether oxygens (including phenoxy) is 2. The maximum atomic E-state index is 12.0. The van der Waals surface area contributed by atoms with Crippen LogP contribution in [0, 0.1) is 0 Å². The SMILES string of the molecule is O=C(NCCCOC[C@@H]1CCCO1)c1cnn(-c2ccccc2)n1. The lowest BCUT2D eigenvalue weighted by molar-refractivity contribution is 0.0166. The molecule has 1 amide bonds. The second kappa shape index (κ2) is 8.56. The van der Waals surface area contributed by atoms with Gasteiger partial charge in [-0.3, -0.25) is 4.79 Å². The number of para-hydroxylation sites is 1. The third-order valence-corrected chi connectivity index (χ3v) is 3.79. The van der Waals surface area contributed by atoms with Crippen molar-refractivity contribution < 1.29 is 14.3 Å². The zero-order valence-electron chi connectivity index (χ0n) is 13.6. The molecule has 0 radical (unpaired) electrons. The average molecular weight is 330 g/mol. The molecule has 0 unspecified atom stereocenters. The molecule has 3 rings (SSSR count). The topological polar surface area (TPSA) is 78.3 Å². The van der Waals surface area contributed by atoms with Crippen molar-refractivity contribution in [2.75, 3.05) is 26.4 Å². The van der Waals surface area contributed by atoms with Gasteiger partial charge < -0.3 is 14.8 Å². The van der Waals surface area contributed by atoms with Gasteiger partial charge in [0.15, 0.2) is 5.69 Å². The largest absolute Gasteiger partial charge is 0.379 e. The lowest BCUT2D eigenvalue weighted by Gasteiger charge is -2.10. The number of carbonyl (C=O) groups is 1. The number of carbonyl (C=O) groups excluding carboxylic acids is 1. The summed E-state index contributed by atoms with van der Waals surface area (Å²) in [7, 11) is 0. The Kier molecular flexibility index (Phi) is 5.92. The van der Waals surface area contributed by atoms with Gasteiger partial charge >= 0.3 is 0 Å². The van der Waals surface area contributed by atoms with Crippen LogP contribution in [0.25, 0.3) is 5.69 Å². The Morgan fingerprint density at radius 2 is 2.25 bits per heavy atom. The number of rotatable bonds is 8. The van der Waals surface area contributed by atoms with Gasteiger partial charge in [-0.05, 0) is 31.4 Å². The molecule has 1 saturated heterocycles. The second-order valence-corrected chi connectivity index (χ2v) is 5.67. The third kappa shape index (κ3) is 4.62. The maximum absolute atomic E-state index is 12.0. The van der Waals surface area contributed by atoms with Crippen molar-refractivity contribution in [3.05, 3.63) is 42.2 Å². The van der Waals surface area contributed by atoms with Crippen molar-refractivity contribution in [2.24, 2.45) is 0 Å². The highest BCUT2D eigenvalue weighted by Gasteiger charge is 2.15. The Morgan fingerprint density at radius 3 is 3.04 bits per heavy atom. The number of aromatic nitrogens is 3. The lowest BCUT2D eigenvalue weighted by atomic mass is 10.2. The highest BCUT2D eigenvalue weighted by atomic mass is 16.5. The molecule has 1 atom stereocenters. The molecule has 7 heteroatoms. The van der Waals surface area contributed by atoms with Crippen LogP contribution in [0.3, 0.4) is 0 Å². The van der Waals surface area contributed by atoms with Crippen LogP contribution in [0.5, 0.6) is 0 Å². The maximum Gasteiger partial charge on any atom is 0.273 e. The van der Waals surface area contributed by atoms with Crippen LogP contribution >= 0.6 is 0 Å². The molecule has 0 bridgehead atoms. The summed E-state index contributed by atoms with van der Waals surface area (Å²) in [4.78, 5) is 13.5. The van der Waals surface area contributed by atoms with Crippen molar-refractivity contribution in [1.29, 1.82) is 0 Å². The molecular formula is C17H22N4O3. The first kappa shape index (κ1) is 16.6. The smallest absolute Gasteiger partial charge is 0.273 e. The Balaban J connectivity index is 1.35. The third-order valence-electron chi connectivity index (χ3n) is 3.79. The molecule has 1 aromatic heterocycles. The standard InChI is InChI=1S/C17H22N4O3/c22-17(18-9-5-10-23-13-15-8-4-11-24-15)16-12-19-21(20-16)14-6-2-1-3-7-14/h1-3,6-7,12,15H,4-5,8-11,13H2,(H,18,22)/t15-/m0/s1. The number of benzene rings is 1. The Labute approximate surface area is 141 Å². The quantitative estimate of drug-likeness (QED) is 0.744. The van der Waals surface area contributed by atoms with E-state index in [9.17, 15) is 4.79 Å². The predicted molar refractivity (Wildman–Crippen MR) is 88.1 cm³/mol. The summed E-state index contributed by atoms with van der Waals surface area (Å²) in [6, 6.07) is 9.48. The van der Waals surface area contributed by atoms with Crippen molar-refractivity contribution in [1.82, 2.24) is 20.3 Å². The first-order valence-electron chi connectivity index (χ1n) is 8.28. The Morgan fingerprint density at radius 1 is 1.38 bits per heavy atom. The number of hydrogen-bond acceptors (Lipinski definition) is 5. The summed E-state index contributed by atoms with van der Waals surface area (Å²) in [5.41, 5.74) is 1.12. The fourth-order valence-corrected chi connectivity index (χ4v) is 2.51. The molecule has 1 aliphatic heterocycles. The summed E-state index contributed by atoms with van der Waals surface area (Å²) in [6.45, 7) is 2.63. The molecule has 1 aliphatic rings. The summed E-state index contributed by atoms with van der Waals surface area (Å²) in [6.07, 6.45) is 4.66. The van der Waals surface area contributed by atoms with Gasteiger partial charge in [-0.2, -0.15) is 9.90 Å². The molecule has 2 heterocycles. The van der Waals surface area contributed by atoms with Crippen LogP contribution in [0.4, 0.5) is 0 Å². The molecule has 24 heavy (non-hydrogen) atoms. The zero-order valence-corrected chi connectivity index (χ0v) is 13.6. The number of nitrogens with zero attached hydrogens (tertiary/aromatic N) is 3. The summed E-state index contributed by atoms with van der Waals surface area (Å²) in [5.74, 6) is -0.226. The average Bonchev–Trinajstić information content (AvgIpc) is 3.30. The van der Waals surface area contributed by atoms with E-state index in [1.807, 2.05) is 30.3 Å². The van der Waals surface area contributed by atoms with Gasteiger partial charge in [-0.25, -0.2) is 0 Å². The van der Waals surface area contributed by atoms with Crippen molar-refractivity contribution in [3.63, 3.8) is 0 Å². The molecule has 1 N–H and O–H groups in total. The van der Waals surface area contributed by atoms with Gasteiger partial charge in [-0.15, -0.1) is 5.10 Å². The van der Waals surface area contributed by atoms with Crippen LogP contribution in [-0.2, 0) is 9.47 Å². The van der Waals surface area contributed by atoms with Crippen LogP contribution in [-0.4, -0.2) is 53.4 Å². The van der Waals surface area contributed by atoms with Gasteiger partial charge in [-0.1, -0.05) is 18.2 Å². The van der Waals surface area contributed by atoms with Crippen molar-refractivity contribution in [3.8, 4) is 5.69 Å². The molecule has 1 aromatic carbocycles. The fraction of sp³-hybridized carbons (Fsp3) is 0.471. The monoisotopic (exact) mass is 330 g/mol. The molecule has 2 aromatic rings. The summed E-state index contributed by atoms with van der Waals surface area (Å²) in [5, 5.41) is 11.1. The molecular weight excluding hydrogens is 308 g/mol. The summed E-state index contributed by atoms with van der Waals surface area (Å²) < 4.78 is 11.0. The highest BCUT2D eigenvalue weighted by molar-refractivity contribution is 5.91. The summed E-state index contributed by atoms with van der Waals surface area (Å²) >= 11 is 0. The van der Waals surface area contributed by atoms with E-state index < -0.39 is 0 Å². The van der Waals surface area contributed by atoms with Gasteiger partial charge in [0.1, 0.15) is 0 Å². The Hall–Kier alpha value is -2.25. The van der Waals surface area contributed by atoms with Crippen molar-refractivity contribution in [2.45, 2.75) is 25.4 Å². The van der Waals surface area contributed by atoms with Crippen LogP contribution in [0.1, 0.15) is 29.8 Å². The number of hydrogen-bond donors (Lipinski definition) is 1. The van der Waals surface area contributed by atoms with E-state index >= 15 is 0 Å². The van der Waals surface area contributed by atoms with E-state index in [1.165, 1.54) is 11.0 Å². The molecule has 128 valence electrons. The zero-order chi connectivity index (χ0) is 16.6. The molecule has 0 aliphatic carbocycles. The number of amides is 1. The first-order chi connectivity index (χ1) is 11.8. The van der Waals surface area contributed by atoms with E-state index in [1.54, 1.807) is 0 Å². The first-order valence-corrected chi connectivity index (χ1v) is 8.28. The molecule has 0 saturated carbocycles. The lowest BCUT2D eigenvalue weighted by Crippen LogP contribution is -2.26. The van der Waals surface area contributed by atoms with Gasteiger partial charge in [0, 0.05) is 19.8 Å². The minimum atomic E-state index is -0.226. The molecule has 0 spiro atoms. The predicted octanol–water partition coefficient (Wildman–Crippen LogP) is 1.58. The van der Waals surface area contributed by atoms with Crippen LogP contribution < -0.4 is 5.32 Å². The normalized spacial score (nSPS) is 17.1. The van der Waals surface area contributed by atoms with E-state index in [0.717, 1.165) is 31.6 Å². The van der Waals surface area contributed by atoms with Crippen molar-refractivity contribution >= 4 is 5.91 Å². The molecule has 1 fully saturated rings. The molecule has 7 nitrogen and oxygen atoms in total. The van der Waals surface area contributed by atoms with E-state index in [2.05, 4.69) is 15.5 Å². The van der Waals surface area contributed by atoms with Crippen LogP contribution in [0.2, 0.25) is 0 Å². The Bertz CT molecular complexity index is 638. The fourth-order valence-electron chi connectivity index (χ4n) is 2.51. The van der Waals surface area contributed by atoms with Gasteiger partial charge in [0.2, 0.25) is 0 Å². The van der Waals surface area contributed by atoms with E-state index in [-0.39, 0.29) is 12.0 Å². The van der Waals surface area contributed by atoms with Gasteiger partial charge in [0.05, 0.1) is 24.6 Å².